The van der Waals surface area contributed by atoms with Gasteiger partial charge in [0.05, 0.1) is 22.1 Å². The fourth-order valence-corrected chi connectivity index (χ4v) is 10.5. The minimum atomic E-state index is 1.11. The molecule has 0 N–H and O–H groups in total. The van der Waals surface area contributed by atoms with Crippen LogP contribution in [-0.4, -0.2) is 9.13 Å². The third-order valence-corrected chi connectivity index (χ3v) is 13.7. The predicted octanol–water partition coefficient (Wildman–Crippen LogP) is 18.2. The second-order valence-electron chi connectivity index (χ2n) is 17.8. The number of nitrogens with zero attached hydrogens (tertiary/aromatic N) is 4. The average molecular weight is 895 g/mol. The first-order valence-corrected chi connectivity index (χ1v) is 23.9. The summed E-state index contributed by atoms with van der Waals surface area (Å²) in [6.45, 7) is 0. The van der Waals surface area contributed by atoms with Crippen LogP contribution in [0.3, 0.4) is 0 Å². The molecule has 4 heteroatoms. The second-order valence-corrected chi connectivity index (χ2v) is 17.8. The van der Waals surface area contributed by atoms with Crippen molar-refractivity contribution in [3.05, 3.63) is 279 Å². The van der Waals surface area contributed by atoms with Crippen molar-refractivity contribution in [2.75, 3.05) is 9.80 Å². The van der Waals surface area contributed by atoms with Gasteiger partial charge in [0.15, 0.2) is 0 Å². The Kier molecular flexibility index (Phi) is 10.1. The molecule has 0 saturated heterocycles. The van der Waals surface area contributed by atoms with Crippen molar-refractivity contribution >= 4 is 77.7 Å². The summed E-state index contributed by atoms with van der Waals surface area (Å²) >= 11 is 0. The van der Waals surface area contributed by atoms with Crippen LogP contribution in [0.15, 0.2) is 279 Å². The number of hydrogen-bond donors (Lipinski definition) is 0. The van der Waals surface area contributed by atoms with Crippen molar-refractivity contribution in [2.24, 2.45) is 0 Å². The van der Waals surface area contributed by atoms with Gasteiger partial charge < -0.3 is 18.9 Å². The van der Waals surface area contributed by atoms with Gasteiger partial charge in [-0.3, -0.25) is 0 Å². The van der Waals surface area contributed by atoms with E-state index in [0.29, 0.717) is 0 Å². The fraction of sp³-hybridized carbons (Fsp3) is 0. The normalized spacial score (nSPS) is 11.4. The van der Waals surface area contributed by atoms with E-state index in [1.807, 2.05) is 0 Å². The summed E-state index contributed by atoms with van der Waals surface area (Å²) in [5.41, 5.74) is 18.3. The molecular weight excluding hydrogens is 849 g/mol. The number of anilines is 6. The molecule has 13 rings (SSSR count). The van der Waals surface area contributed by atoms with Crippen LogP contribution in [0.1, 0.15) is 0 Å². The minimum Gasteiger partial charge on any atom is -0.311 e. The third kappa shape index (κ3) is 7.10. The third-order valence-electron chi connectivity index (χ3n) is 13.7. The van der Waals surface area contributed by atoms with Gasteiger partial charge >= 0.3 is 0 Å². The zero-order valence-electron chi connectivity index (χ0n) is 38.3. The lowest BCUT2D eigenvalue weighted by Gasteiger charge is -2.25. The Morgan fingerprint density at radius 2 is 0.471 bits per heavy atom. The number of hydrogen-bond acceptors (Lipinski definition) is 2. The summed E-state index contributed by atoms with van der Waals surface area (Å²) < 4.78 is 4.88. The van der Waals surface area contributed by atoms with Gasteiger partial charge in [-0.05, 0) is 156 Å². The minimum absolute atomic E-state index is 1.11. The van der Waals surface area contributed by atoms with Gasteiger partial charge in [-0.2, -0.15) is 0 Å². The van der Waals surface area contributed by atoms with Crippen LogP contribution in [0.4, 0.5) is 34.1 Å². The van der Waals surface area contributed by atoms with Crippen molar-refractivity contribution in [1.82, 2.24) is 9.13 Å². The zero-order chi connectivity index (χ0) is 46.4. The van der Waals surface area contributed by atoms with E-state index in [0.717, 1.165) is 56.6 Å². The van der Waals surface area contributed by atoms with E-state index in [2.05, 4.69) is 298 Å². The van der Waals surface area contributed by atoms with Crippen LogP contribution in [0, 0.1) is 0 Å². The summed E-state index contributed by atoms with van der Waals surface area (Å²) in [5.74, 6) is 0. The monoisotopic (exact) mass is 894 g/mol. The molecular formula is C66H46N4. The van der Waals surface area contributed by atoms with Crippen LogP contribution in [0.2, 0.25) is 0 Å². The van der Waals surface area contributed by atoms with E-state index in [1.54, 1.807) is 0 Å². The number of aromatic nitrogens is 2. The maximum Gasteiger partial charge on any atom is 0.0548 e. The van der Waals surface area contributed by atoms with Gasteiger partial charge in [-0.25, -0.2) is 0 Å². The van der Waals surface area contributed by atoms with Gasteiger partial charge in [0.1, 0.15) is 0 Å². The maximum absolute atomic E-state index is 2.44. The first-order chi connectivity index (χ1) is 34.7. The Labute approximate surface area is 407 Å². The van der Waals surface area contributed by atoms with E-state index >= 15 is 0 Å². The molecule has 0 saturated carbocycles. The van der Waals surface area contributed by atoms with Gasteiger partial charge in [-0.1, -0.05) is 146 Å². The quantitative estimate of drug-likeness (QED) is 0.136. The van der Waals surface area contributed by atoms with Crippen LogP contribution in [0.5, 0.6) is 0 Å². The Bertz CT molecular complexity index is 3600. The van der Waals surface area contributed by atoms with Crippen LogP contribution in [0.25, 0.3) is 77.2 Å². The van der Waals surface area contributed by atoms with Gasteiger partial charge in [-0.15, -0.1) is 0 Å². The molecule has 70 heavy (non-hydrogen) atoms. The second kappa shape index (κ2) is 17.4. The summed E-state index contributed by atoms with van der Waals surface area (Å²) in [6, 6.07) is 101. The molecule has 2 aromatic heterocycles. The first kappa shape index (κ1) is 40.9. The smallest absolute Gasteiger partial charge is 0.0548 e. The van der Waals surface area contributed by atoms with Crippen LogP contribution >= 0.6 is 0 Å². The highest BCUT2D eigenvalue weighted by atomic mass is 15.1. The Morgan fingerprint density at radius 3 is 0.786 bits per heavy atom. The highest BCUT2D eigenvalue weighted by Gasteiger charge is 2.22. The molecule has 13 aromatic rings. The molecule has 4 nitrogen and oxygen atoms in total. The molecule has 0 spiro atoms. The highest BCUT2D eigenvalue weighted by molar-refractivity contribution is 6.29. The predicted molar refractivity (Wildman–Crippen MR) is 295 cm³/mol. The van der Waals surface area contributed by atoms with Crippen LogP contribution < -0.4 is 9.80 Å². The van der Waals surface area contributed by atoms with Crippen LogP contribution in [-0.2, 0) is 0 Å². The molecule has 0 unspecified atom stereocenters. The molecule has 0 atom stereocenters. The maximum atomic E-state index is 2.44. The Hall–Kier alpha value is -9.38. The van der Waals surface area contributed by atoms with Gasteiger partial charge in [0.2, 0.25) is 0 Å². The number of para-hydroxylation sites is 6. The standard InChI is InChI=1S/C66H46N4/c1-7-19-51(20-8-1)67(52-21-9-2-10-22-52)57-37-31-47(32-38-57)49-35-41-61-59(45-49)65-63(69(61)55-27-15-5-16-28-55)43-44-64-66(65)60-46-50(36-42-62(60)70(64)56-29-17-6-18-30-56)48-33-39-58(40-34-48)68(53-23-11-3-12-24-53)54-25-13-4-14-26-54/h1-46H. The average Bonchev–Trinajstić information content (AvgIpc) is 3.95. The Balaban J connectivity index is 1.00. The van der Waals surface area contributed by atoms with Crippen molar-refractivity contribution in [3.8, 4) is 33.6 Å². The van der Waals surface area contributed by atoms with Gasteiger partial charge in [0.25, 0.3) is 0 Å². The fourth-order valence-electron chi connectivity index (χ4n) is 10.5. The first-order valence-electron chi connectivity index (χ1n) is 23.9. The molecule has 0 bridgehead atoms. The highest BCUT2D eigenvalue weighted by Crippen LogP contribution is 2.45. The molecule has 0 aliphatic carbocycles. The summed E-state index contributed by atoms with van der Waals surface area (Å²) in [5, 5.41) is 4.90. The molecule has 0 aliphatic heterocycles. The summed E-state index contributed by atoms with van der Waals surface area (Å²) in [7, 11) is 0. The molecule has 0 amide bonds. The van der Waals surface area contributed by atoms with E-state index in [9.17, 15) is 0 Å². The Morgan fingerprint density at radius 1 is 0.214 bits per heavy atom. The lowest BCUT2D eigenvalue weighted by molar-refractivity contribution is 1.17. The SMILES string of the molecule is c1ccc(N(c2ccccc2)c2ccc(-c3ccc4c(c3)c3c5c6cc(-c7ccc(N(c8ccccc8)c8ccccc8)cc7)ccc6n(-c6ccccc6)c5ccc3n4-c3ccccc3)cc2)cc1. The van der Waals surface area contributed by atoms with E-state index in [-0.39, 0.29) is 0 Å². The molecule has 330 valence electrons. The largest absolute Gasteiger partial charge is 0.311 e. The molecule has 0 fully saturated rings. The number of benzene rings is 11. The summed E-state index contributed by atoms with van der Waals surface area (Å²) in [4.78, 5) is 4.62. The number of fused-ring (bicyclic) bond motifs is 7. The van der Waals surface area contributed by atoms with Crippen molar-refractivity contribution in [3.63, 3.8) is 0 Å². The molecule has 11 aromatic carbocycles. The van der Waals surface area contributed by atoms with E-state index in [4.69, 9.17) is 0 Å². The van der Waals surface area contributed by atoms with Crippen molar-refractivity contribution in [1.29, 1.82) is 0 Å². The molecule has 0 radical (unpaired) electrons. The van der Waals surface area contributed by atoms with E-state index in [1.165, 1.54) is 54.7 Å². The lowest BCUT2D eigenvalue weighted by Crippen LogP contribution is -2.09. The van der Waals surface area contributed by atoms with E-state index < -0.39 is 0 Å². The zero-order valence-corrected chi connectivity index (χ0v) is 38.3. The van der Waals surface area contributed by atoms with Gasteiger partial charge in [0, 0.05) is 67.0 Å². The summed E-state index contributed by atoms with van der Waals surface area (Å²) in [6.07, 6.45) is 0. The molecule has 0 aliphatic rings. The van der Waals surface area contributed by atoms with Crippen molar-refractivity contribution in [2.45, 2.75) is 0 Å². The topological polar surface area (TPSA) is 16.3 Å². The van der Waals surface area contributed by atoms with Crippen molar-refractivity contribution < 1.29 is 0 Å². The number of rotatable bonds is 10. The lowest BCUT2D eigenvalue weighted by atomic mass is 9.98. The molecule has 2 heterocycles.